The molecule has 0 saturated carbocycles. The average Bonchev–Trinajstić information content (AvgIpc) is 3.36. The van der Waals surface area contributed by atoms with Crippen LogP contribution in [0.1, 0.15) is 27.8 Å². The SMILES string of the molecule is COc1ccc(C=C2N=C(SCC(=O)Nc3ccc(C#N)cc3)N(c3ccccc3)C2=O)cc1COc1cc(C)c(Cl)c(C)c1. The van der Waals surface area contributed by atoms with Crippen LogP contribution >= 0.6 is 23.4 Å². The van der Waals surface area contributed by atoms with Crippen molar-refractivity contribution in [2.24, 2.45) is 4.99 Å². The summed E-state index contributed by atoms with van der Waals surface area (Å²) in [5, 5.41) is 12.9. The first-order chi connectivity index (χ1) is 21.7. The lowest BCUT2D eigenvalue weighted by Gasteiger charge is -2.17. The van der Waals surface area contributed by atoms with Gasteiger partial charge in [-0.3, -0.25) is 14.5 Å². The number of thioether (sulfide) groups is 1. The third-order valence-corrected chi connectivity index (χ3v) is 8.42. The Morgan fingerprint density at radius 2 is 1.76 bits per heavy atom. The third kappa shape index (κ3) is 7.55. The lowest BCUT2D eigenvalue weighted by Crippen LogP contribution is -2.31. The highest BCUT2D eigenvalue weighted by Crippen LogP contribution is 2.31. The first-order valence-corrected chi connectivity index (χ1v) is 15.3. The molecule has 5 rings (SSSR count). The van der Waals surface area contributed by atoms with Crippen LogP contribution in [0.3, 0.4) is 0 Å². The summed E-state index contributed by atoms with van der Waals surface area (Å²) < 4.78 is 11.6. The highest BCUT2D eigenvalue weighted by atomic mass is 35.5. The van der Waals surface area contributed by atoms with Crippen molar-refractivity contribution < 1.29 is 19.1 Å². The first-order valence-electron chi connectivity index (χ1n) is 13.9. The molecule has 0 saturated heterocycles. The summed E-state index contributed by atoms with van der Waals surface area (Å²) in [5.74, 6) is 0.791. The predicted octanol–water partition coefficient (Wildman–Crippen LogP) is 7.53. The van der Waals surface area contributed by atoms with Gasteiger partial charge >= 0.3 is 0 Å². The zero-order chi connectivity index (χ0) is 31.9. The van der Waals surface area contributed by atoms with Crippen LogP contribution in [0.25, 0.3) is 6.08 Å². The van der Waals surface area contributed by atoms with E-state index in [1.807, 2.05) is 74.5 Å². The van der Waals surface area contributed by atoms with E-state index in [0.29, 0.717) is 38.6 Å². The largest absolute Gasteiger partial charge is 0.496 e. The highest BCUT2D eigenvalue weighted by molar-refractivity contribution is 8.14. The number of rotatable bonds is 9. The topological polar surface area (TPSA) is 104 Å². The molecule has 0 aromatic heterocycles. The maximum Gasteiger partial charge on any atom is 0.283 e. The number of carbonyl (C=O) groups is 2. The minimum atomic E-state index is -0.308. The van der Waals surface area contributed by atoms with E-state index in [0.717, 1.165) is 34.0 Å². The Kier molecular flexibility index (Phi) is 9.88. The smallest absolute Gasteiger partial charge is 0.283 e. The summed E-state index contributed by atoms with van der Waals surface area (Å²) in [6.45, 7) is 4.10. The summed E-state index contributed by atoms with van der Waals surface area (Å²) in [4.78, 5) is 32.6. The number of amidine groups is 1. The normalized spacial score (nSPS) is 13.4. The van der Waals surface area contributed by atoms with Gasteiger partial charge in [0.05, 0.1) is 30.2 Å². The van der Waals surface area contributed by atoms with Crippen LogP contribution in [-0.4, -0.2) is 29.8 Å². The lowest BCUT2D eigenvalue weighted by atomic mass is 10.1. The second-order valence-corrected chi connectivity index (χ2v) is 11.5. The summed E-state index contributed by atoms with van der Waals surface area (Å²) in [6.07, 6.45) is 1.71. The number of aliphatic imine (C=N–C) groups is 1. The van der Waals surface area contributed by atoms with Crippen molar-refractivity contribution in [1.29, 1.82) is 5.26 Å². The number of nitrogens with one attached hydrogen (secondary N) is 1. The van der Waals surface area contributed by atoms with E-state index in [-0.39, 0.29) is 29.9 Å². The molecular weight excluding hydrogens is 608 g/mol. The minimum Gasteiger partial charge on any atom is -0.496 e. The fraction of sp³-hybridized carbons (Fsp3) is 0.143. The van der Waals surface area contributed by atoms with Gasteiger partial charge in [-0.05, 0) is 97.3 Å². The summed E-state index contributed by atoms with van der Waals surface area (Å²) in [7, 11) is 1.59. The van der Waals surface area contributed by atoms with Gasteiger partial charge in [-0.2, -0.15) is 5.26 Å². The number of methoxy groups -OCH3 is 1. The van der Waals surface area contributed by atoms with Crippen molar-refractivity contribution in [2.45, 2.75) is 20.5 Å². The molecule has 0 atom stereocenters. The number of ether oxygens (including phenoxy) is 2. The molecule has 1 aliphatic rings. The molecular formula is C35H29ClN4O4S. The molecule has 1 aliphatic heterocycles. The monoisotopic (exact) mass is 636 g/mol. The summed E-state index contributed by atoms with van der Waals surface area (Å²) in [6, 6.07) is 27.2. The second kappa shape index (κ2) is 14.2. The number of amides is 2. The second-order valence-electron chi connectivity index (χ2n) is 10.2. The molecule has 0 bridgehead atoms. The van der Waals surface area contributed by atoms with Crippen LogP contribution in [0.5, 0.6) is 11.5 Å². The Morgan fingerprint density at radius 1 is 1.04 bits per heavy atom. The van der Waals surface area contributed by atoms with Crippen molar-refractivity contribution in [1.82, 2.24) is 0 Å². The van der Waals surface area contributed by atoms with Gasteiger partial charge in [0.1, 0.15) is 23.8 Å². The summed E-state index contributed by atoms with van der Waals surface area (Å²) in [5.41, 5.74) is 5.34. The zero-order valence-electron chi connectivity index (χ0n) is 24.8. The van der Waals surface area contributed by atoms with E-state index in [1.165, 1.54) is 4.90 Å². The standard InChI is InChI=1S/C35H29ClN4O4S/c1-22-15-29(16-23(2)33(22)36)44-20-26-17-25(11-14-31(26)43-3)18-30-34(42)40(28-7-5-4-6-8-28)35(39-30)45-21-32(41)38-27-12-9-24(19-37)10-13-27/h4-18H,20-21H2,1-3H3,(H,38,41). The Hall–Kier alpha value is -5.04. The van der Waals surface area contributed by atoms with Gasteiger partial charge in [-0.25, -0.2) is 4.99 Å². The maximum atomic E-state index is 13.7. The Bertz CT molecular complexity index is 1830. The molecule has 45 heavy (non-hydrogen) atoms. The van der Waals surface area contributed by atoms with Crippen LogP contribution < -0.4 is 19.7 Å². The number of hydrogen-bond acceptors (Lipinski definition) is 7. The average molecular weight is 637 g/mol. The van der Waals surface area contributed by atoms with E-state index in [9.17, 15) is 9.59 Å². The fourth-order valence-electron chi connectivity index (χ4n) is 4.66. The zero-order valence-corrected chi connectivity index (χ0v) is 26.4. The number of aryl methyl sites for hydroxylation is 2. The van der Waals surface area contributed by atoms with Gasteiger partial charge in [0.25, 0.3) is 5.91 Å². The highest BCUT2D eigenvalue weighted by Gasteiger charge is 2.32. The molecule has 226 valence electrons. The molecule has 4 aromatic carbocycles. The van der Waals surface area contributed by atoms with E-state index < -0.39 is 0 Å². The molecule has 0 radical (unpaired) electrons. The van der Waals surface area contributed by atoms with Crippen LogP contribution in [0.2, 0.25) is 5.02 Å². The van der Waals surface area contributed by atoms with Gasteiger partial charge in [0, 0.05) is 16.3 Å². The van der Waals surface area contributed by atoms with Gasteiger partial charge < -0.3 is 14.8 Å². The number of carbonyl (C=O) groups excluding carboxylic acids is 2. The molecule has 10 heteroatoms. The number of nitrogens with zero attached hydrogens (tertiary/aromatic N) is 3. The molecule has 8 nitrogen and oxygen atoms in total. The molecule has 2 amide bonds. The van der Waals surface area contributed by atoms with Crippen LogP contribution in [-0.2, 0) is 16.2 Å². The number of benzene rings is 4. The third-order valence-electron chi connectivity index (χ3n) is 6.89. The Morgan fingerprint density at radius 3 is 2.42 bits per heavy atom. The quantitative estimate of drug-likeness (QED) is 0.190. The molecule has 0 fully saturated rings. The number of hydrogen-bond donors (Lipinski definition) is 1. The van der Waals surface area contributed by atoms with Crippen molar-refractivity contribution >= 4 is 57.8 Å². The van der Waals surface area contributed by atoms with Crippen LogP contribution in [0.15, 0.2) is 95.6 Å². The Balaban J connectivity index is 1.37. The molecule has 0 spiro atoms. The van der Waals surface area contributed by atoms with E-state index in [4.69, 9.17) is 26.3 Å². The lowest BCUT2D eigenvalue weighted by molar-refractivity contribution is -0.114. The molecule has 0 aliphatic carbocycles. The van der Waals surface area contributed by atoms with Crippen molar-refractivity contribution in [3.05, 3.63) is 123 Å². The molecule has 1 N–H and O–H groups in total. The van der Waals surface area contributed by atoms with Crippen LogP contribution in [0.4, 0.5) is 11.4 Å². The maximum absolute atomic E-state index is 13.7. The van der Waals surface area contributed by atoms with Gasteiger partial charge in [0.15, 0.2) is 5.17 Å². The Labute approximate surface area is 270 Å². The van der Waals surface area contributed by atoms with E-state index >= 15 is 0 Å². The molecule has 4 aromatic rings. The molecule has 0 unspecified atom stereocenters. The van der Waals surface area contributed by atoms with Gasteiger partial charge in [-0.1, -0.05) is 47.6 Å². The van der Waals surface area contributed by atoms with Crippen molar-refractivity contribution in [2.75, 3.05) is 23.1 Å². The minimum absolute atomic E-state index is 0.0242. The summed E-state index contributed by atoms with van der Waals surface area (Å²) >= 11 is 7.47. The van der Waals surface area contributed by atoms with Gasteiger partial charge in [-0.15, -0.1) is 0 Å². The predicted molar refractivity (Wildman–Crippen MR) is 180 cm³/mol. The van der Waals surface area contributed by atoms with Crippen LogP contribution in [0, 0.1) is 25.2 Å². The van der Waals surface area contributed by atoms with Gasteiger partial charge in [0.2, 0.25) is 5.91 Å². The van der Waals surface area contributed by atoms with E-state index in [2.05, 4.69) is 16.4 Å². The number of halogens is 1. The first kappa shape index (κ1) is 31.4. The number of para-hydroxylation sites is 1. The number of anilines is 2. The fourth-order valence-corrected chi connectivity index (χ4v) is 5.58. The van der Waals surface area contributed by atoms with E-state index in [1.54, 1.807) is 37.5 Å². The van der Waals surface area contributed by atoms with Crippen molar-refractivity contribution in [3.63, 3.8) is 0 Å². The molecule has 1 heterocycles. The van der Waals surface area contributed by atoms with Crippen molar-refractivity contribution in [3.8, 4) is 17.6 Å². The number of nitriles is 1.